The van der Waals surface area contributed by atoms with Gasteiger partial charge in [0.15, 0.2) is 5.78 Å². The smallest absolute Gasteiger partial charge is 0.163 e. The lowest BCUT2D eigenvalue weighted by Crippen LogP contribution is -2.10. The number of nitrogens with two attached hydrogens (primary N) is 1. The van der Waals surface area contributed by atoms with Gasteiger partial charge in [0.2, 0.25) is 0 Å². The SMILES string of the molecule is Cc1cc(CN)ccc1C(=O)CC1CCCCCC1. The Morgan fingerprint density at radius 2 is 1.89 bits per heavy atom. The van der Waals surface area contributed by atoms with Crippen LogP contribution in [-0.2, 0) is 6.54 Å². The van der Waals surface area contributed by atoms with Crippen LogP contribution >= 0.6 is 0 Å². The van der Waals surface area contributed by atoms with E-state index in [1.165, 1.54) is 38.5 Å². The largest absolute Gasteiger partial charge is 0.326 e. The first-order valence-corrected chi connectivity index (χ1v) is 7.53. The molecule has 0 saturated heterocycles. The fourth-order valence-electron chi connectivity index (χ4n) is 3.11. The van der Waals surface area contributed by atoms with E-state index < -0.39 is 0 Å². The van der Waals surface area contributed by atoms with Gasteiger partial charge in [-0.25, -0.2) is 0 Å². The average Bonchev–Trinajstić information content (AvgIpc) is 2.67. The fraction of sp³-hybridized carbons (Fsp3) is 0.588. The summed E-state index contributed by atoms with van der Waals surface area (Å²) in [5, 5.41) is 0. The van der Waals surface area contributed by atoms with Crippen molar-refractivity contribution in [2.75, 3.05) is 0 Å². The second-order valence-corrected chi connectivity index (χ2v) is 5.84. The monoisotopic (exact) mass is 259 g/mol. The molecule has 2 rings (SSSR count). The van der Waals surface area contributed by atoms with Gasteiger partial charge in [-0.3, -0.25) is 4.79 Å². The summed E-state index contributed by atoms with van der Waals surface area (Å²) in [4.78, 5) is 12.4. The van der Waals surface area contributed by atoms with Crippen molar-refractivity contribution in [1.82, 2.24) is 0 Å². The van der Waals surface area contributed by atoms with E-state index in [4.69, 9.17) is 5.73 Å². The minimum absolute atomic E-state index is 0.313. The van der Waals surface area contributed by atoms with Crippen LogP contribution in [0.3, 0.4) is 0 Å². The first-order valence-electron chi connectivity index (χ1n) is 7.53. The Morgan fingerprint density at radius 1 is 1.21 bits per heavy atom. The third kappa shape index (κ3) is 3.90. The van der Waals surface area contributed by atoms with Gasteiger partial charge in [0, 0.05) is 18.5 Å². The summed E-state index contributed by atoms with van der Waals surface area (Å²) >= 11 is 0. The van der Waals surface area contributed by atoms with Gasteiger partial charge in [-0.2, -0.15) is 0 Å². The molecular formula is C17H25NO. The van der Waals surface area contributed by atoms with Gasteiger partial charge in [0.05, 0.1) is 0 Å². The molecule has 104 valence electrons. The van der Waals surface area contributed by atoms with Crippen molar-refractivity contribution in [2.24, 2.45) is 11.7 Å². The molecule has 0 aromatic heterocycles. The quantitative estimate of drug-likeness (QED) is 0.656. The van der Waals surface area contributed by atoms with Crippen LogP contribution in [0.2, 0.25) is 0 Å². The average molecular weight is 259 g/mol. The molecule has 0 radical (unpaired) electrons. The van der Waals surface area contributed by atoms with Gasteiger partial charge in [-0.05, 0) is 24.0 Å². The number of benzene rings is 1. The van der Waals surface area contributed by atoms with Gasteiger partial charge in [0.25, 0.3) is 0 Å². The lowest BCUT2D eigenvalue weighted by atomic mass is 9.90. The molecule has 0 aliphatic heterocycles. The molecule has 1 aliphatic rings. The van der Waals surface area contributed by atoms with Crippen LogP contribution in [0.15, 0.2) is 18.2 Å². The van der Waals surface area contributed by atoms with Crippen LogP contribution in [0.5, 0.6) is 0 Å². The van der Waals surface area contributed by atoms with Gasteiger partial charge < -0.3 is 5.73 Å². The summed E-state index contributed by atoms with van der Waals surface area (Å²) in [6.07, 6.45) is 8.45. The standard InChI is InChI=1S/C17H25NO/c1-13-10-15(12-18)8-9-16(13)17(19)11-14-6-4-2-3-5-7-14/h8-10,14H,2-7,11-12,18H2,1H3. The first-order chi connectivity index (χ1) is 9.20. The molecule has 0 unspecified atom stereocenters. The Hall–Kier alpha value is -1.15. The molecule has 0 spiro atoms. The van der Waals surface area contributed by atoms with E-state index in [0.717, 1.165) is 23.1 Å². The summed E-state index contributed by atoms with van der Waals surface area (Å²) in [5.74, 6) is 0.913. The van der Waals surface area contributed by atoms with Crippen LogP contribution < -0.4 is 5.73 Å². The highest BCUT2D eigenvalue weighted by Crippen LogP contribution is 2.27. The van der Waals surface area contributed by atoms with E-state index in [2.05, 4.69) is 0 Å². The molecule has 1 saturated carbocycles. The van der Waals surface area contributed by atoms with Crippen LogP contribution in [0.4, 0.5) is 0 Å². The predicted molar refractivity (Wildman–Crippen MR) is 79.2 cm³/mol. The van der Waals surface area contributed by atoms with Crippen LogP contribution in [-0.4, -0.2) is 5.78 Å². The van der Waals surface area contributed by atoms with Crippen LogP contribution in [0.25, 0.3) is 0 Å². The molecule has 0 atom stereocenters. The van der Waals surface area contributed by atoms with E-state index in [0.29, 0.717) is 18.2 Å². The highest BCUT2D eigenvalue weighted by atomic mass is 16.1. The maximum absolute atomic E-state index is 12.4. The van der Waals surface area contributed by atoms with E-state index in [9.17, 15) is 4.79 Å². The van der Waals surface area contributed by atoms with E-state index in [-0.39, 0.29) is 0 Å². The molecule has 0 bridgehead atoms. The molecule has 2 N–H and O–H groups in total. The van der Waals surface area contributed by atoms with Crippen molar-refractivity contribution in [2.45, 2.75) is 58.4 Å². The van der Waals surface area contributed by atoms with Crippen molar-refractivity contribution >= 4 is 5.78 Å². The van der Waals surface area contributed by atoms with Crippen molar-refractivity contribution in [3.05, 3.63) is 34.9 Å². The summed E-state index contributed by atoms with van der Waals surface area (Å²) in [5.41, 5.74) is 8.69. The minimum atomic E-state index is 0.313. The normalized spacial score (nSPS) is 17.2. The zero-order chi connectivity index (χ0) is 13.7. The number of hydrogen-bond acceptors (Lipinski definition) is 2. The van der Waals surface area contributed by atoms with Crippen LogP contribution in [0, 0.1) is 12.8 Å². The fourth-order valence-corrected chi connectivity index (χ4v) is 3.11. The Morgan fingerprint density at radius 3 is 2.47 bits per heavy atom. The van der Waals surface area contributed by atoms with Gasteiger partial charge in [-0.1, -0.05) is 56.7 Å². The highest BCUT2D eigenvalue weighted by molar-refractivity contribution is 5.97. The van der Waals surface area contributed by atoms with Crippen LogP contribution in [0.1, 0.15) is 66.4 Å². The Kier molecular flexibility index (Phi) is 5.15. The molecule has 1 aliphatic carbocycles. The number of aryl methyl sites for hydroxylation is 1. The third-order valence-corrected chi connectivity index (χ3v) is 4.28. The molecule has 0 heterocycles. The molecule has 0 amide bonds. The molecule has 1 aromatic carbocycles. The number of carbonyl (C=O) groups is 1. The second kappa shape index (κ2) is 6.85. The predicted octanol–water partition coefficient (Wildman–Crippen LogP) is 4.00. The van der Waals surface area contributed by atoms with E-state index >= 15 is 0 Å². The number of ketones is 1. The summed E-state index contributed by atoms with van der Waals surface area (Å²) in [6.45, 7) is 2.55. The van der Waals surface area contributed by atoms with Crippen molar-refractivity contribution in [3.8, 4) is 0 Å². The lowest BCUT2D eigenvalue weighted by molar-refractivity contribution is 0.0956. The van der Waals surface area contributed by atoms with E-state index in [1.54, 1.807) is 0 Å². The number of Topliss-reactive ketones (excluding diaryl/α,β-unsaturated/α-hetero) is 1. The van der Waals surface area contributed by atoms with Gasteiger partial charge in [-0.15, -0.1) is 0 Å². The molecule has 2 nitrogen and oxygen atoms in total. The Bertz CT molecular complexity index is 431. The number of hydrogen-bond donors (Lipinski definition) is 1. The molecule has 1 fully saturated rings. The van der Waals surface area contributed by atoms with Crippen molar-refractivity contribution in [3.63, 3.8) is 0 Å². The first kappa shape index (κ1) is 14.3. The molecule has 19 heavy (non-hydrogen) atoms. The van der Waals surface area contributed by atoms with E-state index in [1.807, 2.05) is 25.1 Å². The molecule has 1 aromatic rings. The Balaban J connectivity index is 2.02. The Labute approximate surface area is 116 Å². The summed E-state index contributed by atoms with van der Waals surface area (Å²) in [7, 11) is 0. The van der Waals surface area contributed by atoms with Crippen molar-refractivity contribution < 1.29 is 4.79 Å². The third-order valence-electron chi connectivity index (χ3n) is 4.28. The highest BCUT2D eigenvalue weighted by Gasteiger charge is 2.18. The summed E-state index contributed by atoms with van der Waals surface area (Å²) < 4.78 is 0. The van der Waals surface area contributed by atoms with Gasteiger partial charge in [0.1, 0.15) is 0 Å². The number of carbonyl (C=O) groups excluding carboxylic acids is 1. The summed E-state index contributed by atoms with van der Waals surface area (Å²) in [6, 6.07) is 5.98. The molecule has 2 heteroatoms. The van der Waals surface area contributed by atoms with Crippen molar-refractivity contribution in [1.29, 1.82) is 0 Å². The minimum Gasteiger partial charge on any atom is -0.326 e. The maximum Gasteiger partial charge on any atom is 0.163 e. The maximum atomic E-state index is 12.4. The zero-order valence-corrected chi connectivity index (χ0v) is 12.0. The second-order valence-electron chi connectivity index (χ2n) is 5.84. The topological polar surface area (TPSA) is 43.1 Å². The zero-order valence-electron chi connectivity index (χ0n) is 12.0. The number of rotatable bonds is 4. The molecular weight excluding hydrogens is 234 g/mol. The van der Waals surface area contributed by atoms with Gasteiger partial charge >= 0.3 is 0 Å². The lowest BCUT2D eigenvalue weighted by Gasteiger charge is -2.14.